The Bertz CT molecular complexity index is 694. The number of aliphatic hydroxyl groups excluding tert-OH is 1. The van der Waals surface area contributed by atoms with E-state index in [2.05, 4.69) is 5.32 Å². The molecule has 0 radical (unpaired) electrons. The first-order chi connectivity index (χ1) is 10.9. The third-order valence-electron chi connectivity index (χ3n) is 3.54. The van der Waals surface area contributed by atoms with Gasteiger partial charge < -0.3 is 10.4 Å². The largest absolute Gasteiger partial charge is 0.387 e. The minimum Gasteiger partial charge on any atom is -0.387 e. The van der Waals surface area contributed by atoms with Crippen molar-refractivity contribution >= 4 is 17.3 Å². The molecule has 0 saturated heterocycles. The van der Waals surface area contributed by atoms with Gasteiger partial charge in [0.1, 0.15) is 5.82 Å². The number of aliphatic hydroxyl groups is 1. The topological polar surface area (TPSA) is 75.4 Å². The van der Waals surface area contributed by atoms with Crippen LogP contribution in [0, 0.1) is 15.9 Å². The Hall–Kier alpha value is -2.02. The molecule has 2 aromatic rings. The Labute approximate surface area is 137 Å². The highest BCUT2D eigenvalue weighted by Gasteiger charge is 2.17. The number of hydrogen-bond donors (Lipinski definition) is 2. The van der Waals surface area contributed by atoms with Gasteiger partial charge in [0.15, 0.2) is 0 Å². The normalized spacial score (nSPS) is 13.6. The summed E-state index contributed by atoms with van der Waals surface area (Å²) in [5.41, 5.74) is 1.11. The van der Waals surface area contributed by atoms with Crippen LogP contribution in [0.1, 0.15) is 24.2 Å². The van der Waals surface area contributed by atoms with E-state index in [0.717, 1.165) is 0 Å². The molecule has 0 bridgehead atoms. The van der Waals surface area contributed by atoms with Crippen molar-refractivity contribution in [3.8, 4) is 0 Å². The van der Waals surface area contributed by atoms with Crippen LogP contribution in [-0.4, -0.2) is 16.1 Å². The molecular formula is C16H16ClFN2O3. The summed E-state index contributed by atoms with van der Waals surface area (Å²) in [4.78, 5) is 10.3. The van der Waals surface area contributed by atoms with E-state index in [4.69, 9.17) is 11.6 Å². The van der Waals surface area contributed by atoms with E-state index in [-0.39, 0.29) is 24.1 Å². The molecule has 0 fully saturated rings. The number of nitrogens with zero attached hydrogens (tertiary/aromatic N) is 1. The highest BCUT2D eigenvalue weighted by molar-refractivity contribution is 6.31. The maximum Gasteiger partial charge on any atom is 0.269 e. The van der Waals surface area contributed by atoms with E-state index in [1.54, 1.807) is 6.92 Å². The van der Waals surface area contributed by atoms with Gasteiger partial charge in [-0.15, -0.1) is 0 Å². The predicted octanol–water partition coefficient (Wildman–Crippen LogP) is 3.60. The molecule has 0 heterocycles. The van der Waals surface area contributed by atoms with Gasteiger partial charge in [-0.05, 0) is 36.2 Å². The number of benzene rings is 2. The number of nitrogens with one attached hydrogen (secondary N) is 1. The zero-order valence-electron chi connectivity index (χ0n) is 12.4. The molecular weight excluding hydrogens is 323 g/mol. The Morgan fingerprint density at radius 3 is 2.57 bits per heavy atom. The second kappa shape index (κ2) is 7.50. The lowest BCUT2D eigenvalue weighted by molar-refractivity contribution is -0.384. The molecule has 0 aromatic heterocycles. The summed E-state index contributed by atoms with van der Waals surface area (Å²) in [6.45, 7) is 2.03. The van der Waals surface area contributed by atoms with Crippen molar-refractivity contribution in [2.75, 3.05) is 0 Å². The highest BCUT2D eigenvalue weighted by Crippen LogP contribution is 2.23. The van der Waals surface area contributed by atoms with Crippen LogP contribution in [0.5, 0.6) is 0 Å². The summed E-state index contributed by atoms with van der Waals surface area (Å²) < 4.78 is 12.9. The molecule has 0 amide bonds. The van der Waals surface area contributed by atoms with Crippen molar-refractivity contribution in [1.82, 2.24) is 5.32 Å². The summed E-state index contributed by atoms with van der Waals surface area (Å²) >= 11 is 6.03. The van der Waals surface area contributed by atoms with Crippen LogP contribution in [0.2, 0.25) is 5.02 Å². The molecule has 2 rings (SSSR count). The van der Waals surface area contributed by atoms with Gasteiger partial charge in [0.05, 0.1) is 11.0 Å². The first kappa shape index (κ1) is 17.3. The minimum absolute atomic E-state index is 0.0436. The standard InChI is InChI=1S/C16H16ClFN2O3/c1-10(16(21)11-2-4-13(18)5-3-11)19-9-12-8-14(20(22)23)6-7-15(12)17/h2-8,10,16,19,21H,9H2,1H3. The number of nitro groups is 1. The summed E-state index contributed by atoms with van der Waals surface area (Å²) in [5, 5.41) is 24.5. The molecule has 23 heavy (non-hydrogen) atoms. The van der Waals surface area contributed by atoms with Crippen LogP contribution < -0.4 is 5.32 Å². The second-order valence-corrected chi connectivity index (χ2v) is 5.61. The lowest BCUT2D eigenvalue weighted by atomic mass is 10.0. The van der Waals surface area contributed by atoms with Gasteiger partial charge >= 0.3 is 0 Å². The molecule has 2 unspecified atom stereocenters. The van der Waals surface area contributed by atoms with E-state index >= 15 is 0 Å². The van der Waals surface area contributed by atoms with Gasteiger partial charge in [0, 0.05) is 29.7 Å². The smallest absolute Gasteiger partial charge is 0.269 e. The quantitative estimate of drug-likeness (QED) is 0.623. The van der Waals surface area contributed by atoms with Crippen molar-refractivity contribution in [2.24, 2.45) is 0 Å². The van der Waals surface area contributed by atoms with E-state index in [9.17, 15) is 19.6 Å². The van der Waals surface area contributed by atoms with Gasteiger partial charge in [-0.2, -0.15) is 0 Å². The molecule has 2 N–H and O–H groups in total. The fourth-order valence-electron chi connectivity index (χ4n) is 2.14. The van der Waals surface area contributed by atoms with Crippen molar-refractivity contribution in [1.29, 1.82) is 0 Å². The third kappa shape index (κ3) is 4.48. The Kier molecular flexibility index (Phi) is 5.65. The lowest BCUT2D eigenvalue weighted by Gasteiger charge is -2.21. The molecule has 0 spiro atoms. The summed E-state index contributed by atoms with van der Waals surface area (Å²) in [5.74, 6) is -0.370. The van der Waals surface area contributed by atoms with Crippen LogP contribution in [0.15, 0.2) is 42.5 Å². The number of nitro benzene ring substituents is 1. The Balaban J connectivity index is 2.03. The van der Waals surface area contributed by atoms with E-state index in [1.165, 1.54) is 42.5 Å². The molecule has 5 nitrogen and oxygen atoms in total. The van der Waals surface area contributed by atoms with Crippen molar-refractivity contribution in [3.63, 3.8) is 0 Å². The van der Waals surface area contributed by atoms with Crippen molar-refractivity contribution < 1.29 is 14.4 Å². The van der Waals surface area contributed by atoms with Gasteiger partial charge in [-0.1, -0.05) is 23.7 Å². The fourth-order valence-corrected chi connectivity index (χ4v) is 2.33. The highest BCUT2D eigenvalue weighted by atomic mass is 35.5. The minimum atomic E-state index is -0.840. The number of rotatable bonds is 6. The molecule has 0 aliphatic heterocycles. The van der Waals surface area contributed by atoms with Gasteiger partial charge in [0.2, 0.25) is 0 Å². The van der Waals surface area contributed by atoms with E-state index < -0.39 is 11.0 Å². The first-order valence-electron chi connectivity index (χ1n) is 6.98. The molecule has 122 valence electrons. The summed E-state index contributed by atoms with van der Waals surface area (Å²) in [6, 6.07) is 9.44. The molecule has 0 aliphatic carbocycles. The number of non-ortho nitro benzene ring substituents is 1. The zero-order chi connectivity index (χ0) is 17.0. The lowest BCUT2D eigenvalue weighted by Crippen LogP contribution is -2.31. The van der Waals surface area contributed by atoms with Crippen molar-refractivity contribution in [2.45, 2.75) is 25.6 Å². The number of hydrogen-bond acceptors (Lipinski definition) is 4. The Morgan fingerprint density at radius 1 is 1.30 bits per heavy atom. The van der Waals surface area contributed by atoms with Gasteiger partial charge in [-0.25, -0.2) is 4.39 Å². The SMILES string of the molecule is CC(NCc1cc([N+](=O)[O-])ccc1Cl)C(O)c1ccc(F)cc1. The van der Waals surface area contributed by atoms with Crippen LogP contribution in [0.25, 0.3) is 0 Å². The van der Waals surface area contributed by atoms with E-state index in [1.807, 2.05) is 0 Å². The molecule has 7 heteroatoms. The van der Waals surface area contributed by atoms with Crippen LogP contribution in [0.4, 0.5) is 10.1 Å². The zero-order valence-corrected chi connectivity index (χ0v) is 13.1. The van der Waals surface area contributed by atoms with Crippen LogP contribution in [-0.2, 0) is 6.54 Å². The maximum atomic E-state index is 12.9. The summed E-state index contributed by atoms with van der Waals surface area (Å²) in [6.07, 6.45) is -0.840. The Morgan fingerprint density at radius 2 is 1.96 bits per heavy atom. The van der Waals surface area contributed by atoms with E-state index in [0.29, 0.717) is 16.1 Å². The third-order valence-corrected chi connectivity index (χ3v) is 3.91. The predicted molar refractivity (Wildman–Crippen MR) is 85.8 cm³/mol. The molecule has 0 saturated carbocycles. The van der Waals surface area contributed by atoms with Gasteiger partial charge in [0.25, 0.3) is 5.69 Å². The first-order valence-corrected chi connectivity index (χ1v) is 7.36. The average molecular weight is 339 g/mol. The molecule has 0 aliphatic rings. The second-order valence-electron chi connectivity index (χ2n) is 5.20. The van der Waals surface area contributed by atoms with Gasteiger partial charge in [-0.3, -0.25) is 10.1 Å². The monoisotopic (exact) mass is 338 g/mol. The van der Waals surface area contributed by atoms with Crippen LogP contribution >= 0.6 is 11.6 Å². The van der Waals surface area contributed by atoms with Crippen molar-refractivity contribution in [3.05, 3.63) is 74.5 Å². The molecule has 2 aromatic carbocycles. The fraction of sp³-hybridized carbons (Fsp3) is 0.250. The van der Waals surface area contributed by atoms with Crippen LogP contribution in [0.3, 0.4) is 0 Å². The summed E-state index contributed by atoms with van der Waals surface area (Å²) in [7, 11) is 0. The molecule has 2 atom stereocenters. The maximum absolute atomic E-state index is 12.9. The average Bonchev–Trinajstić information content (AvgIpc) is 2.53. The number of halogens is 2.